The lowest BCUT2D eigenvalue weighted by molar-refractivity contribution is -0.120. The molecule has 4 rings (SSSR count). The molecule has 3 N–H and O–H groups in total. The van der Waals surface area contributed by atoms with E-state index in [1.54, 1.807) is 18.2 Å². The van der Waals surface area contributed by atoms with Crippen LogP contribution in [-0.4, -0.2) is 31.6 Å². The summed E-state index contributed by atoms with van der Waals surface area (Å²) in [5.74, 6) is -3.10. The third kappa shape index (κ3) is 4.14. The summed E-state index contributed by atoms with van der Waals surface area (Å²) in [6.45, 7) is -0.0120. The summed E-state index contributed by atoms with van der Waals surface area (Å²) < 4.78 is 34.0. The molecule has 6 nitrogen and oxygen atoms in total. The number of carbonyl (C=O) groups is 2. The highest BCUT2D eigenvalue weighted by atomic mass is 35.5. The molecule has 2 atom stereocenters. The Hall–Kier alpha value is -2.58. The number of carbonyl (C=O) groups excluding carboxylic acids is 2. The number of benzene rings is 2. The molecule has 31 heavy (non-hydrogen) atoms. The number of urea groups is 1. The molecule has 1 aliphatic carbocycles. The van der Waals surface area contributed by atoms with Gasteiger partial charge < -0.3 is 20.7 Å². The summed E-state index contributed by atoms with van der Waals surface area (Å²) >= 11 is 12.0. The number of methoxy groups -OCH3 is 1. The van der Waals surface area contributed by atoms with E-state index in [0.717, 1.165) is 17.7 Å². The molecule has 0 bridgehead atoms. The van der Waals surface area contributed by atoms with Crippen LogP contribution in [-0.2, 0) is 10.3 Å². The van der Waals surface area contributed by atoms with Crippen molar-refractivity contribution < 1.29 is 23.1 Å². The number of hydrogen-bond donors (Lipinski definition) is 3. The van der Waals surface area contributed by atoms with E-state index in [2.05, 4.69) is 16.0 Å². The number of ether oxygens (including phenoxy) is 1. The highest BCUT2D eigenvalue weighted by Gasteiger charge is 2.47. The molecule has 1 saturated carbocycles. The summed E-state index contributed by atoms with van der Waals surface area (Å²) in [7, 11) is 1.30. The van der Waals surface area contributed by atoms with Crippen molar-refractivity contribution in [3.8, 4) is 5.75 Å². The van der Waals surface area contributed by atoms with E-state index in [1.807, 2.05) is 0 Å². The maximum Gasteiger partial charge on any atom is 0.316 e. The largest absolute Gasteiger partial charge is 0.497 e. The normalized spacial score (nSPS) is 21.4. The van der Waals surface area contributed by atoms with E-state index >= 15 is 0 Å². The summed E-state index contributed by atoms with van der Waals surface area (Å²) in [4.78, 5) is 25.0. The van der Waals surface area contributed by atoms with Gasteiger partial charge in [0.05, 0.1) is 22.7 Å². The van der Waals surface area contributed by atoms with Crippen LogP contribution < -0.4 is 20.7 Å². The molecule has 10 heteroatoms. The van der Waals surface area contributed by atoms with Crippen LogP contribution in [0.4, 0.5) is 13.6 Å². The molecule has 0 spiro atoms. The first kappa shape index (κ1) is 21.6. The van der Waals surface area contributed by atoms with E-state index in [4.69, 9.17) is 27.9 Å². The molecule has 1 saturated heterocycles. The minimum atomic E-state index is -1.14. The van der Waals surface area contributed by atoms with E-state index < -0.39 is 41.1 Å². The van der Waals surface area contributed by atoms with Gasteiger partial charge in [-0.1, -0.05) is 29.3 Å². The highest BCUT2D eigenvalue weighted by molar-refractivity contribution is 6.42. The number of hydrogen-bond acceptors (Lipinski definition) is 3. The maximum absolute atomic E-state index is 14.5. The Labute approximate surface area is 187 Å². The Morgan fingerprint density at radius 1 is 1.16 bits per heavy atom. The average Bonchev–Trinajstić information content (AvgIpc) is 3.42. The first-order valence-electron chi connectivity index (χ1n) is 9.59. The zero-order chi connectivity index (χ0) is 22.3. The monoisotopic (exact) mass is 469 g/mol. The van der Waals surface area contributed by atoms with Crippen LogP contribution in [0.1, 0.15) is 29.9 Å². The van der Waals surface area contributed by atoms with Gasteiger partial charge in [-0.15, -0.1) is 0 Å². The van der Waals surface area contributed by atoms with Crippen molar-refractivity contribution in [2.75, 3.05) is 13.7 Å². The van der Waals surface area contributed by atoms with Gasteiger partial charge in [-0.05, 0) is 30.5 Å². The Kier molecular flexibility index (Phi) is 5.70. The fraction of sp³-hybridized carbons (Fsp3) is 0.333. The Balaban J connectivity index is 1.52. The molecule has 0 radical (unpaired) electrons. The van der Waals surface area contributed by atoms with Crippen LogP contribution in [0.25, 0.3) is 0 Å². The second-order valence-corrected chi connectivity index (χ2v) is 8.46. The minimum absolute atomic E-state index is 0.0120. The minimum Gasteiger partial charge on any atom is -0.497 e. The number of rotatable bonds is 5. The predicted molar refractivity (Wildman–Crippen MR) is 111 cm³/mol. The van der Waals surface area contributed by atoms with Crippen LogP contribution in [0.5, 0.6) is 5.75 Å². The van der Waals surface area contributed by atoms with E-state index in [1.165, 1.54) is 7.11 Å². The van der Waals surface area contributed by atoms with Gasteiger partial charge >= 0.3 is 6.03 Å². The van der Waals surface area contributed by atoms with Crippen LogP contribution in [0.2, 0.25) is 10.0 Å². The molecule has 164 valence electrons. The highest BCUT2D eigenvalue weighted by Crippen LogP contribution is 2.46. The maximum atomic E-state index is 14.5. The summed E-state index contributed by atoms with van der Waals surface area (Å²) in [5.41, 5.74) is -0.119. The first-order chi connectivity index (χ1) is 14.7. The first-order valence-corrected chi connectivity index (χ1v) is 10.3. The molecule has 2 aliphatic rings. The molecule has 2 aromatic rings. The van der Waals surface area contributed by atoms with Crippen LogP contribution >= 0.6 is 23.2 Å². The quantitative estimate of drug-likeness (QED) is 0.622. The van der Waals surface area contributed by atoms with Crippen LogP contribution in [0, 0.1) is 11.6 Å². The molecule has 3 amide bonds. The van der Waals surface area contributed by atoms with Crippen molar-refractivity contribution in [1.29, 1.82) is 0 Å². The second-order valence-electron chi connectivity index (χ2n) is 7.64. The Morgan fingerprint density at radius 2 is 1.84 bits per heavy atom. The van der Waals surface area contributed by atoms with Crippen molar-refractivity contribution in [2.45, 2.75) is 30.3 Å². The van der Waals surface area contributed by atoms with Crippen LogP contribution in [0.15, 0.2) is 30.3 Å². The van der Waals surface area contributed by atoms with E-state index in [-0.39, 0.29) is 17.9 Å². The Bertz CT molecular complexity index is 1040. The standard InChI is InChI=1S/C21H19Cl2F2N3O3/c1-31-11-7-15(24)17(16(25)8-11)12-9-26-19(29)18(12)27-20(30)28-21(4-5-21)10-2-3-13(22)14(23)6-10/h2-3,6-8,12,18H,4-5,9H2,1H3,(H,26,29)(H2,27,28,30)/t12-,18-/m0/s1. The average molecular weight is 470 g/mol. The third-order valence-electron chi connectivity index (χ3n) is 5.70. The number of nitrogens with one attached hydrogen (secondary N) is 3. The molecule has 0 unspecified atom stereocenters. The summed E-state index contributed by atoms with van der Waals surface area (Å²) in [5, 5.41) is 8.75. The molecule has 0 aromatic heterocycles. The summed E-state index contributed by atoms with van der Waals surface area (Å²) in [6, 6.07) is 5.43. The van der Waals surface area contributed by atoms with Crippen molar-refractivity contribution >= 4 is 35.1 Å². The van der Waals surface area contributed by atoms with Gasteiger partial charge in [0, 0.05) is 30.2 Å². The molecular formula is C21H19Cl2F2N3O3. The SMILES string of the molecule is COc1cc(F)c([C@@H]2CNC(=O)[C@H]2NC(=O)NC2(c3ccc(Cl)c(Cl)c3)CC2)c(F)c1. The molecule has 1 heterocycles. The lowest BCUT2D eigenvalue weighted by Crippen LogP contribution is -2.50. The van der Waals surface area contributed by atoms with Crippen molar-refractivity contribution in [2.24, 2.45) is 0 Å². The van der Waals surface area contributed by atoms with Gasteiger partial charge in [0.2, 0.25) is 5.91 Å². The molecule has 1 aliphatic heterocycles. The van der Waals surface area contributed by atoms with Gasteiger partial charge in [0.25, 0.3) is 0 Å². The number of amides is 3. The lowest BCUT2D eigenvalue weighted by atomic mass is 9.92. The van der Waals surface area contributed by atoms with E-state index in [9.17, 15) is 18.4 Å². The fourth-order valence-electron chi connectivity index (χ4n) is 3.89. The zero-order valence-electron chi connectivity index (χ0n) is 16.4. The molecule has 2 fully saturated rings. The predicted octanol–water partition coefficient (Wildman–Crippen LogP) is 3.85. The van der Waals surface area contributed by atoms with Gasteiger partial charge in [-0.3, -0.25) is 4.79 Å². The van der Waals surface area contributed by atoms with Crippen molar-refractivity contribution in [1.82, 2.24) is 16.0 Å². The van der Waals surface area contributed by atoms with E-state index in [0.29, 0.717) is 22.9 Å². The van der Waals surface area contributed by atoms with Gasteiger partial charge in [0.15, 0.2) is 0 Å². The topological polar surface area (TPSA) is 79.5 Å². The third-order valence-corrected chi connectivity index (χ3v) is 6.44. The smallest absolute Gasteiger partial charge is 0.316 e. The van der Waals surface area contributed by atoms with Gasteiger partial charge in [0.1, 0.15) is 23.4 Å². The van der Waals surface area contributed by atoms with Crippen molar-refractivity contribution in [3.05, 3.63) is 63.1 Å². The second kappa shape index (κ2) is 8.16. The van der Waals surface area contributed by atoms with Gasteiger partial charge in [-0.25, -0.2) is 13.6 Å². The molecule has 2 aromatic carbocycles. The summed E-state index contributed by atoms with van der Waals surface area (Å²) in [6.07, 6.45) is 1.36. The number of halogens is 4. The lowest BCUT2D eigenvalue weighted by Gasteiger charge is -2.23. The van der Waals surface area contributed by atoms with Crippen LogP contribution in [0.3, 0.4) is 0 Å². The molecular weight excluding hydrogens is 451 g/mol. The zero-order valence-corrected chi connectivity index (χ0v) is 17.9. The van der Waals surface area contributed by atoms with Crippen molar-refractivity contribution in [3.63, 3.8) is 0 Å². The van der Waals surface area contributed by atoms with Gasteiger partial charge in [-0.2, -0.15) is 0 Å². The Morgan fingerprint density at radius 3 is 2.42 bits per heavy atom. The fourth-order valence-corrected chi connectivity index (χ4v) is 4.19.